The van der Waals surface area contributed by atoms with E-state index in [1.54, 1.807) is 41.5 Å². The molecular weight excluding hydrogens is 1070 g/mol. The molecule has 474 valence electrons. The molecule has 0 N–H and O–H groups in total. The largest absolute Gasteiger partial charge is 0.371 e. The Bertz CT molecular complexity index is 1800. The molecule has 0 aromatic heterocycles. The zero-order valence-electron chi connectivity index (χ0n) is 52.1. The van der Waals surface area contributed by atoms with E-state index >= 15 is 0 Å². The minimum absolute atomic E-state index is 0.0379. The second-order valence-electron chi connectivity index (χ2n) is 24.6. The molecule has 7 aliphatic heterocycles. The second kappa shape index (κ2) is 31.0. The van der Waals surface area contributed by atoms with Gasteiger partial charge in [0.05, 0.1) is 92.5 Å². The molecule has 7 aliphatic rings. The number of ether oxygens (including phenoxy) is 21. The molecule has 0 saturated carbocycles. The molecule has 0 spiro atoms. The number of rotatable bonds is 52. The molecule has 7 heterocycles. The van der Waals surface area contributed by atoms with Gasteiger partial charge < -0.3 is 71.1 Å². The Morgan fingerprint density at radius 3 is 0.963 bits per heavy atom. The van der Waals surface area contributed by atoms with Gasteiger partial charge in [0, 0.05) is 64.3 Å². The van der Waals surface area contributed by atoms with Crippen molar-refractivity contribution in [3.63, 3.8) is 0 Å². The van der Waals surface area contributed by atoms with Gasteiger partial charge in [0.2, 0.25) is 0 Å². The van der Waals surface area contributed by atoms with E-state index in [1.165, 1.54) is 38.5 Å². The van der Waals surface area contributed by atoms with E-state index in [9.17, 15) is 0 Å². The van der Waals surface area contributed by atoms with Crippen molar-refractivity contribution in [3.8, 4) is 0 Å². The summed E-state index contributed by atoms with van der Waals surface area (Å²) in [4.78, 5) is 0. The maximum atomic E-state index is 7.53. The predicted molar refractivity (Wildman–Crippen MR) is 298 cm³/mol. The van der Waals surface area contributed by atoms with Crippen molar-refractivity contribution in [1.29, 1.82) is 0 Å². The smallest absolute Gasteiger partial charge is 0.288 e. The van der Waals surface area contributed by atoms with E-state index in [0.717, 1.165) is 48.8 Å². The molecule has 0 radical (unpaired) electrons. The molecule has 0 aliphatic carbocycles. The van der Waals surface area contributed by atoms with Gasteiger partial charge in [-0.05, 0) is 44.4 Å². The minimum Gasteiger partial charge on any atom is -0.371 e. The molecule has 0 aromatic rings. The number of epoxide rings is 7. The van der Waals surface area contributed by atoms with Crippen LogP contribution in [-0.4, -0.2) is 194 Å². The Hall–Kier alpha value is -0.623. The van der Waals surface area contributed by atoms with Crippen LogP contribution in [0.15, 0.2) is 0 Å². The molecule has 0 bridgehead atoms. The van der Waals surface area contributed by atoms with Crippen molar-refractivity contribution in [1.82, 2.24) is 0 Å². The minimum atomic E-state index is -2.15. The number of unbranched alkanes of at least 4 members (excludes halogenated alkanes) is 6. The summed E-state index contributed by atoms with van der Waals surface area (Å²) in [7, 11) is 1.13. The van der Waals surface area contributed by atoms with Crippen LogP contribution >= 0.6 is 0 Å². The summed E-state index contributed by atoms with van der Waals surface area (Å²) in [5.74, 6) is -12.2. The van der Waals surface area contributed by atoms with Crippen molar-refractivity contribution in [2.75, 3.05) is 99.1 Å². The first-order valence-electron chi connectivity index (χ1n) is 31.2. The lowest BCUT2D eigenvalue weighted by atomic mass is 9.68. The Balaban J connectivity index is 1.23. The van der Waals surface area contributed by atoms with Crippen LogP contribution in [0.3, 0.4) is 0 Å². The highest BCUT2D eigenvalue weighted by Gasteiger charge is 2.57. The van der Waals surface area contributed by atoms with Crippen LogP contribution in [0.25, 0.3) is 0 Å². The van der Waals surface area contributed by atoms with Crippen molar-refractivity contribution >= 4 is 10.2 Å². The fourth-order valence-electron chi connectivity index (χ4n) is 10.9. The summed E-state index contributed by atoms with van der Waals surface area (Å²) in [5, 5.41) is 0. The van der Waals surface area contributed by atoms with Gasteiger partial charge in [-0.1, -0.05) is 104 Å². The van der Waals surface area contributed by atoms with Gasteiger partial charge in [-0.15, -0.1) is 0 Å². The van der Waals surface area contributed by atoms with Crippen LogP contribution in [0.1, 0.15) is 167 Å². The van der Waals surface area contributed by atoms with E-state index in [0.29, 0.717) is 70.2 Å². The van der Waals surface area contributed by atoms with Crippen molar-refractivity contribution in [2.45, 2.75) is 257 Å². The standard InChI is InChI=1S/C59H108O21Si/c1-14-18-21-24-50(42(6)52(81)26-23-20-16-3)41(5)51(25-22-19-15-2)53(7,68-34-43-27-60-43)75-55(9,70-36-45-29-62-45)77-57(11,72-38-47-31-64-47)79-59(13,74-40-49-33-66-49)80-58(12,73-39-48-32-65-48)78-56(10,71-37-46-30-63-46)76-54(8,67-17-4)69-35-44-28-61-44/h41-52H,14-40H2,1-13,81H3. The Labute approximate surface area is 487 Å². The first-order valence-corrected chi connectivity index (χ1v) is 32.3. The van der Waals surface area contributed by atoms with E-state index in [2.05, 4.69) is 41.5 Å². The van der Waals surface area contributed by atoms with Gasteiger partial charge in [0.15, 0.2) is 5.79 Å². The maximum absolute atomic E-state index is 7.53. The Morgan fingerprint density at radius 1 is 0.358 bits per heavy atom. The molecule has 19 unspecified atom stereocenters. The summed E-state index contributed by atoms with van der Waals surface area (Å²) in [5.41, 5.74) is 0.684. The van der Waals surface area contributed by atoms with Crippen molar-refractivity contribution < 1.29 is 99.5 Å². The second-order valence-corrected chi connectivity index (χ2v) is 26.0. The quantitative estimate of drug-likeness (QED) is 0.0243. The third-order valence-corrected chi connectivity index (χ3v) is 17.9. The van der Waals surface area contributed by atoms with Crippen LogP contribution in [0.5, 0.6) is 0 Å². The SMILES string of the molecule is CCCCCC([SiH3])C(C)C(CCCCC)C(C)C(CCCCC)C(C)(OCC1CO1)OC(C)(OCC1CO1)OC(C)(OCC1CO1)OC(C)(OCC1CO1)OC(C)(OCC1CO1)OC(C)(OCC1CO1)OC(C)(OCC)OCC1CO1. The molecule has 0 aromatic carbocycles. The summed E-state index contributed by atoms with van der Waals surface area (Å²) in [6.45, 7) is 30.1. The zero-order valence-corrected chi connectivity index (χ0v) is 54.1. The van der Waals surface area contributed by atoms with Gasteiger partial charge in [-0.3, -0.25) is 28.4 Å². The molecule has 7 fully saturated rings. The summed E-state index contributed by atoms with van der Waals surface area (Å²) in [6, 6.07) is 0. The van der Waals surface area contributed by atoms with Crippen molar-refractivity contribution in [3.05, 3.63) is 0 Å². The lowest BCUT2D eigenvalue weighted by Crippen LogP contribution is -2.60. The third kappa shape index (κ3) is 24.5. The first kappa shape index (κ1) is 67.9. The molecule has 22 heteroatoms. The monoisotopic (exact) mass is 1180 g/mol. The van der Waals surface area contributed by atoms with Crippen LogP contribution in [-0.2, 0) is 99.5 Å². The molecule has 81 heavy (non-hydrogen) atoms. The summed E-state index contributed by atoms with van der Waals surface area (Å²) < 4.78 is 134. The topological polar surface area (TPSA) is 217 Å². The highest BCUT2D eigenvalue weighted by molar-refractivity contribution is 6.11. The highest BCUT2D eigenvalue weighted by Crippen LogP contribution is 2.48. The maximum Gasteiger partial charge on any atom is 0.288 e. The molecular formula is C59H108O21Si. The predicted octanol–water partition coefficient (Wildman–Crippen LogP) is 8.19. The van der Waals surface area contributed by atoms with Gasteiger partial charge >= 0.3 is 0 Å². The average Bonchev–Trinajstić information content (AvgIpc) is 4.34. The first-order chi connectivity index (χ1) is 38.6. The van der Waals surface area contributed by atoms with E-state index in [1.807, 2.05) is 6.92 Å². The average molecular weight is 1180 g/mol. The Kier molecular flexibility index (Phi) is 26.0. The molecule has 21 nitrogen and oxygen atoms in total. The molecule has 0 amide bonds. The molecule has 7 saturated heterocycles. The fourth-order valence-corrected chi connectivity index (χ4v) is 11.8. The lowest BCUT2D eigenvalue weighted by Gasteiger charge is -2.50. The van der Waals surface area contributed by atoms with Gasteiger partial charge in [-0.25, -0.2) is 0 Å². The van der Waals surface area contributed by atoms with E-state index < -0.39 is 41.6 Å². The number of hydrogen-bond donors (Lipinski definition) is 0. The van der Waals surface area contributed by atoms with Crippen molar-refractivity contribution in [2.24, 2.45) is 23.7 Å². The molecule has 7 rings (SSSR count). The van der Waals surface area contributed by atoms with Gasteiger partial charge in [-0.2, -0.15) is 0 Å². The van der Waals surface area contributed by atoms with Crippen LogP contribution in [0, 0.1) is 23.7 Å². The van der Waals surface area contributed by atoms with E-state index in [4.69, 9.17) is 99.5 Å². The zero-order chi connectivity index (χ0) is 58.4. The van der Waals surface area contributed by atoms with E-state index in [-0.39, 0.29) is 101 Å². The third-order valence-electron chi connectivity index (χ3n) is 16.3. The fraction of sp³-hybridized carbons (Fsp3) is 1.00. The van der Waals surface area contributed by atoms with Gasteiger partial charge in [0.25, 0.3) is 35.8 Å². The number of hydrogen-bond acceptors (Lipinski definition) is 21. The van der Waals surface area contributed by atoms with Crippen LogP contribution in [0.4, 0.5) is 0 Å². The summed E-state index contributed by atoms with van der Waals surface area (Å²) in [6.07, 6.45) is 12.4. The molecule has 19 atom stereocenters. The van der Waals surface area contributed by atoms with Crippen LogP contribution < -0.4 is 0 Å². The summed E-state index contributed by atoms with van der Waals surface area (Å²) >= 11 is 0. The normalized spacial score (nSPS) is 30.7. The lowest BCUT2D eigenvalue weighted by molar-refractivity contribution is -0.603. The van der Waals surface area contributed by atoms with Crippen LogP contribution in [0.2, 0.25) is 5.54 Å². The highest BCUT2D eigenvalue weighted by atomic mass is 28.1. The van der Waals surface area contributed by atoms with Gasteiger partial charge in [0.1, 0.15) is 42.7 Å². The Morgan fingerprint density at radius 2 is 0.642 bits per heavy atom.